The van der Waals surface area contributed by atoms with Crippen LogP contribution in [0.4, 0.5) is 26.3 Å². The molecule has 3 rings (SSSR count). The molecule has 4 unspecified atom stereocenters. The first-order chi connectivity index (χ1) is 18.6. The van der Waals surface area contributed by atoms with Crippen molar-refractivity contribution in [1.82, 2.24) is 0 Å². The molecule has 0 aliphatic heterocycles. The first kappa shape index (κ1) is 33.1. The first-order valence-corrected chi connectivity index (χ1v) is 14.9. The standard InChI is InChI=1S/C23H26F6O10S2/c1-13(2)19(31)38-18-10-16-9-15(18)11-20(16,12-30)37-8-7-14-3-5-17(6-4-14)39-41(35,36)23(28,29)21(24,25)22(26,27)40(32,33)34/h3-6,12-13,15-16,18H,7-11H2,1-2H3,(H,32,33,34). The highest BCUT2D eigenvalue weighted by Gasteiger charge is 2.83. The van der Waals surface area contributed by atoms with Gasteiger partial charge in [-0.05, 0) is 55.2 Å². The largest absolute Gasteiger partial charge is 0.462 e. The van der Waals surface area contributed by atoms with Gasteiger partial charge in [-0.1, -0.05) is 26.0 Å². The van der Waals surface area contributed by atoms with Gasteiger partial charge in [0.25, 0.3) is 0 Å². The summed E-state index contributed by atoms with van der Waals surface area (Å²) < 4.78 is 150. The van der Waals surface area contributed by atoms with Gasteiger partial charge in [0.05, 0.1) is 12.5 Å². The average molecular weight is 641 g/mol. The zero-order valence-electron chi connectivity index (χ0n) is 21.4. The van der Waals surface area contributed by atoms with Crippen molar-refractivity contribution in [1.29, 1.82) is 0 Å². The molecule has 18 heteroatoms. The predicted molar refractivity (Wildman–Crippen MR) is 126 cm³/mol. The SMILES string of the molecule is CC(C)C(=O)OC1CC2CC1CC2(C=O)OCCc1ccc(OS(=O)(=O)C(F)(F)C(F)(F)C(F)(F)S(=O)(=O)O)cc1. The van der Waals surface area contributed by atoms with Crippen LogP contribution in [0.25, 0.3) is 0 Å². The van der Waals surface area contributed by atoms with Crippen molar-refractivity contribution < 1.29 is 71.0 Å². The Bertz CT molecular complexity index is 1370. The molecule has 0 aromatic heterocycles. The second kappa shape index (κ2) is 11.0. The van der Waals surface area contributed by atoms with Crippen LogP contribution in [-0.2, 0) is 45.7 Å². The minimum Gasteiger partial charge on any atom is -0.462 e. The summed E-state index contributed by atoms with van der Waals surface area (Å²) in [5.41, 5.74) is -0.721. The van der Waals surface area contributed by atoms with E-state index < -0.39 is 48.0 Å². The van der Waals surface area contributed by atoms with E-state index in [-0.39, 0.29) is 42.9 Å². The van der Waals surface area contributed by atoms with Gasteiger partial charge < -0.3 is 18.5 Å². The first-order valence-electron chi connectivity index (χ1n) is 12.1. The molecule has 2 saturated carbocycles. The molecule has 0 heterocycles. The van der Waals surface area contributed by atoms with Crippen molar-refractivity contribution in [3.63, 3.8) is 0 Å². The van der Waals surface area contributed by atoms with Gasteiger partial charge in [0.15, 0.2) is 6.29 Å². The summed E-state index contributed by atoms with van der Waals surface area (Å²) in [6.45, 7) is 3.38. The fourth-order valence-corrected chi connectivity index (χ4v) is 6.23. The van der Waals surface area contributed by atoms with Crippen LogP contribution in [0.15, 0.2) is 24.3 Å². The molecule has 1 N–H and O–H groups in total. The molecule has 10 nitrogen and oxygen atoms in total. The van der Waals surface area contributed by atoms with E-state index in [4.69, 9.17) is 14.0 Å². The van der Waals surface area contributed by atoms with Gasteiger partial charge in [0, 0.05) is 0 Å². The van der Waals surface area contributed by atoms with E-state index >= 15 is 0 Å². The van der Waals surface area contributed by atoms with Crippen molar-refractivity contribution in [2.45, 2.75) is 67.7 Å². The summed E-state index contributed by atoms with van der Waals surface area (Å²) in [5, 5.41) is -13.7. The Morgan fingerprint density at radius 2 is 1.63 bits per heavy atom. The van der Waals surface area contributed by atoms with Gasteiger partial charge in [0.1, 0.15) is 17.5 Å². The van der Waals surface area contributed by atoms with Gasteiger partial charge in [0.2, 0.25) is 0 Å². The lowest BCUT2D eigenvalue weighted by molar-refractivity contribution is -0.247. The van der Waals surface area contributed by atoms with E-state index in [9.17, 15) is 52.8 Å². The van der Waals surface area contributed by atoms with Gasteiger partial charge in [-0.3, -0.25) is 9.35 Å². The fraction of sp³-hybridized carbons (Fsp3) is 0.652. The third-order valence-corrected chi connectivity index (χ3v) is 9.30. The summed E-state index contributed by atoms with van der Waals surface area (Å²) in [5.74, 6) is -9.01. The molecule has 4 atom stereocenters. The highest BCUT2D eigenvalue weighted by molar-refractivity contribution is 7.88. The number of carbonyl (C=O) groups is 2. The van der Waals surface area contributed by atoms with Gasteiger partial charge in [-0.15, -0.1) is 0 Å². The number of alkyl halides is 6. The van der Waals surface area contributed by atoms with Gasteiger partial charge in [-0.2, -0.15) is 43.2 Å². The summed E-state index contributed by atoms with van der Waals surface area (Å²) in [6.07, 6.45) is 1.89. The smallest absolute Gasteiger partial charge is 0.450 e. The second-order valence-electron chi connectivity index (χ2n) is 10.2. The molecular formula is C23H26F6O10S2. The summed E-state index contributed by atoms with van der Waals surface area (Å²) in [7, 11) is -14.1. The zero-order chi connectivity index (χ0) is 31.2. The fourth-order valence-electron chi connectivity index (χ4n) is 4.80. The summed E-state index contributed by atoms with van der Waals surface area (Å²) in [6, 6.07) is 3.71. The third-order valence-electron chi connectivity index (χ3n) is 7.10. The van der Waals surface area contributed by atoms with Gasteiger partial charge in [-0.25, -0.2) is 0 Å². The van der Waals surface area contributed by atoms with E-state index in [1.165, 1.54) is 0 Å². The highest BCUT2D eigenvalue weighted by atomic mass is 32.2. The number of hydrogen-bond donors (Lipinski definition) is 1. The quantitative estimate of drug-likeness (QED) is 0.111. The molecule has 0 amide bonds. The Morgan fingerprint density at radius 1 is 1.05 bits per heavy atom. The van der Waals surface area contributed by atoms with Crippen LogP contribution in [0.1, 0.15) is 38.7 Å². The maximum Gasteiger partial charge on any atom is 0.450 e. The van der Waals surface area contributed by atoms with Crippen molar-refractivity contribution in [3.8, 4) is 5.75 Å². The topological polar surface area (TPSA) is 150 Å². The minimum absolute atomic E-state index is 0.0219. The van der Waals surface area contributed by atoms with Crippen LogP contribution >= 0.6 is 0 Å². The normalized spacial score (nSPS) is 25.4. The van der Waals surface area contributed by atoms with Crippen molar-refractivity contribution in [2.24, 2.45) is 17.8 Å². The van der Waals surface area contributed by atoms with Crippen LogP contribution in [0.2, 0.25) is 0 Å². The predicted octanol–water partition coefficient (Wildman–Crippen LogP) is 3.60. The molecule has 2 bridgehead atoms. The van der Waals surface area contributed by atoms with Crippen LogP contribution in [0.5, 0.6) is 5.75 Å². The number of rotatable bonds is 13. The minimum atomic E-state index is -7.15. The van der Waals surface area contributed by atoms with Crippen molar-refractivity contribution in [2.75, 3.05) is 6.61 Å². The Labute approximate surface area is 231 Å². The Hall–Kier alpha value is -2.44. The molecule has 2 aliphatic rings. The molecule has 0 spiro atoms. The number of aldehydes is 1. The van der Waals surface area contributed by atoms with E-state index in [1.54, 1.807) is 13.8 Å². The van der Waals surface area contributed by atoms with E-state index in [1.807, 2.05) is 0 Å². The molecule has 1 aromatic rings. The second-order valence-corrected chi connectivity index (χ2v) is 13.2. The van der Waals surface area contributed by atoms with Crippen molar-refractivity contribution >= 4 is 32.5 Å². The maximum absolute atomic E-state index is 14.0. The average Bonchev–Trinajstić information content (AvgIpc) is 3.42. The lowest BCUT2D eigenvalue weighted by Crippen LogP contribution is -2.61. The number of fused-ring (bicyclic) bond motifs is 2. The molecule has 2 fully saturated rings. The molecule has 1 aromatic carbocycles. The zero-order valence-corrected chi connectivity index (χ0v) is 23.1. The molecule has 0 radical (unpaired) electrons. The van der Waals surface area contributed by atoms with Gasteiger partial charge >= 0.3 is 42.6 Å². The number of esters is 1. The molecule has 0 saturated heterocycles. The number of benzene rings is 1. The number of hydrogen-bond acceptors (Lipinski definition) is 9. The van der Waals surface area contributed by atoms with Crippen molar-refractivity contribution in [3.05, 3.63) is 29.8 Å². The highest BCUT2D eigenvalue weighted by Crippen LogP contribution is 2.53. The Morgan fingerprint density at radius 3 is 2.10 bits per heavy atom. The van der Waals surface area contributed by atoms with Crippen LogP contribution in [0, 0.1) is 17.8 Å². The van der Waals surface area contributed by atoms with E-state index in [2.05, 4.69) is 4.18 Å². The van der Waals surface area contributed by atoms with E-state index in [0.717, 1.165) is 24.3 Å². The lowest BCUT2D eigenvalue weighted by Gasteiger charge is -2.35. The Balaban J connectivity index is 1.61. The molecule has 41 heavy (non-hydrogen) atoms. The third kappa shape index (κ3) is 5.92. The molecule has 232 valence electrons. The Kier molecular flexibility index (Phi) is 8.87. The number of halogens is 6. The lowest BCUT2D eigenvalue weighted by atomic mass is 9.83. The monoisotopic (exact) mass is 640 g/mol. The van der Waals surface area contributed by atoms with E-state index in [0.29, 0.717) is 31.1 Å². The maximum atomic E-state index is 14.0. The molecular weight excluding hydrogens is 614 g/mol. The van der Waals surface area contributed by atoms with Crippen LogP contribution < -0.4 is 4.18 Å². The number of ether oxygens (including phenoxy) is 2. The summed E-state index contributed by atoms with van der Waals surface area (Å²) in [4.78, 5) is 23.8. The number of carbonyl (C=O) groups excluding carboxylic acids is 2. The van der Waals surface area contributed by atoms with Crippen LogP contribution in [0.3, 0.4) is 0 Å². The molecule has 2 aliphatic carbocycles. The van der Waals surface area contributed by atoms with Crippen LogP contribution in [-0.4, -0.2) is 68.4 Å². The summed E-state index contributed by atoms with van der Waals surface area (Å²) >= 11 is 0.